The van der Waals surface area contributed by atoms with Crippen LogP contribution in [0.5, 0.6) is 0 Å². The first-order valence-corrected chi connectivity index (χ1v) is 8.61. The molecule has 0 spiro atoms. The van der Waals surface area contributed by atoms with Crippen LogP contribution in [0.1, 0.15) is 15.9 Å². The lowest BCUT2D eigenvalue weighted by Crippen LogP contribution is -2.40. The van der Waals surface area contributed by atoms with Crippen molar-refractivity contribution >= 4 is 16.9 Å². The van der Waals surface area contributed by atoms with Gasteiger partial charge in [0.2, 0.25) is 5.91 Å². The number of rotatable bonds is 4. The molecule has 2 N–H and O–H groups in total. The third kappa shape index (κ3) is 2.99. The SMILES string of the molecule is NC(=O)c1cccc(-n2c(=O)n(Cc3ccccc3)c(=O)c3cccnc32)c1. The predicted octanol–water partition coefficient (Wildman–Crippen LogP) is 1.69. The number of hydrogen-bond donors (Lipinski definition) is 1. The molecule has 4 rings (SSSR count). The average Bonchev–Trinajstić information content (AvgIpc) is 2.72. The van der Waals surface area contributed by atoms with Crippen LogP contribution in [0.3, 0.4) is 0 Å². The Hall–Kier alpha value is -4.00. The Bertz CT molecular complexity index is 1310. The number of primary amides is 1. The van der Waals surface area contributed by atoms with Gasteiger partial charge in [0.15, 0.2) is 5.65 Å². The first-order valence-electron chi connectivity index (χ1n) is 8.61. The number of hydrogen-bond acceptors (Lipinski definition) is 4. The van der Waals surface area contributed by atoms with Crippen molar-refractivity contribution < 1.29 is 4.79 Å². The van der Waals surface area contributed by atoms with Gasteiger partial charge >= 0.3 is 5.69 Å². The summed E-state index contributed by atoms with van der Waals surface area (Å²) >= 11 is 0. The summed E-state index contributed by atoms with van der Waals surface area (Å²) in [4.78, 5) is 42.0. The van der Waals surface area contributed by atoms with Crippen LogP contribution in [0, 0.1) is 0 Å². The van der Waals surface area contributed by atoms with Gasteiger partial charge in [-0.25, -0.2) is 14.3 Å². The van der Waals surface area contributed by atoms with E-state index in [0.717, 1.165) is 10.1 Å². The summed E-state index contributed by atoms with van der Waals surface area (Å²) in [5, 5.41) is 0.308. The van der Waals surface area contributed by atoms with Crippen molar-refractivity contribution in [2.45, 2.75) is 6.54 Å². The van der Waals surface area contributed by atoms with E-state index < -0.39 is 17.2 Å². The number of carbonyl (C=O) groups is 1. The number of pyridine rings is 1. The van der Waals surface area contributed by atoms with E-state index in [-0.39, 0.29) is 17.8 Å². The Kier molecular flexibility index (Phi) is 4.33. The minimum Gasteiger partial charge on any atom is -0.366 e. The molecule has 0 saturated carbocycles. The molecule has 0 aliphatic carbocycles. The maximum absolute atomic E-state index is 13.3. The molecule has 0 fully saturated rings. The summed E-state index contributed by atoms with van der Waals surface area (Å²) in [6.07, 6.45) is 1.51. The molecule has 0 atom stereocenters. The van der Waals surface area contributed by atoms with E-state index in [0.29, 0.717) is 11.1 Å². The Morgan fingerprint density at radius 2 is 1.75 bits per heavy atom. The smallest absolute Gasteiger partial charge is 0.337 e. The van der Waals surface area contributed by atoms with Gasteiger partial charge in [0, 0.05) is 11.8 Å². The van der Waals surface area contributed by atoms with Crippen molar-refractivity contribution in [3.05, 3.63) is 105 Å². The molecule has 0 saturated heterocycles. The summed E-state index contributed by atoms with van der Waals surface area (Å²) in [5.41, 5.74) is 6.13. The fourth-order valence-electron chi connectivity index (χ4n) is 3.12. The van der Waals surface area contributed by atoms with E-state index in [1.807, 2.05) is 30.3 Å². The molecule has 28 heavy (non-hydrogen) atoms. The van der Waals surface area contributed by atoms with Crippen molar-refractivity contribution in [1.82, 2.24) is 14.1 Å². The number of nitrogens with two attached hydrogens (primary N) is 1. The zero-order chi connectivity index (χ0) is 19.7. The second kappa shape index (κ2) is 6.96. The number of aromatic nitrogens is 3. The lowest BCUT2D eigenvalue weighted by molar-refractivity contribution is 0.1000. The largest absolute Gasteiger partial charge is 0.366 e. The minimum absolute atomic E-state index is 0.124. The zero-order valence-electron chi connectivity index (χ0n) is 14.8. The van der Waals surface area contributed by atoms with E-state index in [1.165, 1.54) is 16.8 Å². The van der Waals surface area contributed by atoms with Crippen molar-refractivity contribution in [2.75, 3.05) is 0 Å². The van der Waals surface area contributed by atoms with Crippen LogP contribution in [-0.4, -0.2) is 20.0 Å². The molecule has 2 aromatic carbocycles. The quantitative estimate of drug-likeness (QED) is 0.589. The Balaban J connectivity index is 2.03. The molecular weight excluding hydrogens is 356 g/mol. The highest BCUT2D eigenvalue weighted by atomic mass is 16.2. The number of amides is 1. The standard InChI is InChI=1S/C21H16N4O3/c22-18(26)15-8-4-9-16(12-15)25-19-17(10-5-11-23-19)20(27)24(21(25)28)13-14-6-2-1-3-7-14/h1-12H,13H2,(H2,22,26). The lowest BCUT2D eigenvalue weighted by atomic mass is 10.2. The van der Waals surface area contributed by atoms with Crippen LogP contribution in [0.15, 0.2) is 82.5 Å². The first-order chi connectivity index (χ1) is 13.6. The van der Waals surface area contributed by atoms with Crippen LogP contribution >= 0.6 is 0 Å². The molecule has 0 unspecified atom stereocenters. The average molecular weight is 372 g/mol. The monoisotopic (exact) mass is 372 g/mol. The molecule has 4 aromatic rings. The van der Waals surface area contributed by atoms with Crippen LogP contribution < -0.4 is 17.0 Å². The minimum atomic E-state index is -0.607. The molecule has 138 valence electrons. The lowest BCUT2D eigenvalue weighted by Gasteiger charge is -2.14. The van der Waals surface area contributed by atoms with Crippen LogP contribution in [0.2, 0.25) is 0 Å². The second-order valence-electron chi connectivity index (χ2n) is 6.28. The van der Waals surface area contributed by atoms with E-state index >= 15 is 0 Å². The first kappa shape index (κ1) is 17.4. The summed E-state index contributed by atoms with van der Waals surface area (Å²) in [6.45, 7) is 0.124. The summed E-state index contributed by atoms with van der Waals surface area (Å²) in [6, 6.07) is 18.9. The summed E-state index contributed by atoms with van der Waals surface area (Å²) < 4.78 is 2.49. The van der Waals surface area contributed by atoms with E-state index in [4.69, 9.17) is 5.73 Å². The third-order valence-corrected chi connectivity index (χ3v) is 4.47. The summed E-state index contributed by atoms with van der Waals surface area (Å²) in [7, 11) is 0. The predicted molar refractivity (Wildman–Crippen MR) is 106 cm³/mol. The van der Waals surface area contributed by atoms with Gasteiger partial charge in [-0.15, -0.1) is 0 Å². The fourth-order valence-corrected chi connectivity index (χ4v) is 3.12. The second-order valence-corrected chi connectivity index (χ2v) is 6.28. The van der Waals surface area contributed by atoms with Gasteiger partial charge in [0.1, 0.15) is 0 Å². The van der Waals surface area contributed by atoms with Crippen molar-refractivity contribution in [3.8, 4) is 5.69 Å². The molecule has 0 aliphatic rings. The van der Waals surface area contributed by atoms with Crippen molar-refractivity contribution in [3.63, 3.8) is 0 Å². The van der Waals surface area contributed by atoms with Gasteiger partial charge in [0.05, 0.1) is 17.6 Å². The molecule has 7 heteroatoms. The molecule has 1 amide bonds. The molecule has 0 aliphatic heterocycles. The fraction of sp³-hybridized carbons (Fsp3) is 0.0476. The molecule has 0 bridgehead atoms. The topological polar surface area (TPSA) is 100.0 Å². The molecular formula is C21H16N4O3. The molecule has 2 heterocycles. The maximum Gasteiger partial charge on any atom is 0.337 e. The van der Waals surface area contributed by atoms with E-state index in [2.05, 4.69) is 4.98 Å². The number of carbonyl (C=O) groups excluding carboxylic acids is 1. The normalized spacial score (nSPS) is 10.9. The number of benzene rings is 2. The number of fused-ring (bicyclic) bond motifs is 1. The Morgan fingerprint density at radius 3 is 2.50 bits per heavy atom. The summed E-state index contributed by atoms with van der Waals surface area (Å²) in [5.74, 6) is -0.607. The molecule has 0 radical (unpaired) electrons. The van der Waals surface area contributed by atoms with Gasteiger partial charge in [0.25, 0.3) is 5.56 Å². The number of nitrogens with zero attached hydrogens (tertiary/aromatic N) is 3. The van der Waals surface area contributed by atoms with Crippen LogP contribution in [-0.2, 0) is 6.54 Å². The van der Waals surface area contributed by atoms with E-state index in [1.54, 1.807) is 30.3 Å². The zero-order valence-corrected chi connectivity index (χ0v) is 14.8. The molecule has 7 nitrogen and oxygen atoms in total. The van der Waals surface area contributed by atoms with Gasteiger partial charge < -0.3 is 5.73 Å². The van der Waals surface area contributed by atoms with Gasteiger partial charge in [-0.3, -0.25) is 14.2 Å². The Morgan fingerprint density at radius 1 is 0.964 bits per heavy atom. The molecule has 2 aromatic heterocycles. The van der Waals surface area contributed by atoms with Crippen molar-refractivity contribution in [1.29, 1.82) is 0 Å². The van der Waals surface area contributed by atoms with Crippen LogP contribution in [0.4, 0.5) is 0 Å². The van der Waals surface area contributed by atoms with Gasteiger partial charge in [-0.05, 0) is 35.9 Å². The van der Waals surface area contributed by atoms with Gasteiger partial charge in [-0.2, -0.15) is 0 Å². The third-order valence-electron chi connectivity index (χ3n) is 4.47. The van der Waals surface area contributed by atoms with E-state index in [9.17, 15) is 14.4 Å². The maximum atomic E-state index is 13.3. The highest BCUT2D eigenvalue weighted by molar-refractivity contribution is 5.93. The Labute approximate surface area is 159 Å². The highest BCUT2D eigenvalue weighted by Gasteiger charge is 2.16. The van der Waals surface area contributed by atoms with Gasteiger partial charge in [-0.1, -0.05) is 36.4 Å². The van der Waals surface area contributed by atoms with Crippen LogP contribution in [0.25, 0.3) is 16.7 Å². The van der Waals surface area contributed by atoms with Crippen molar-refractivity contribution in [2.24, 2.45) is 5.73 Å². The highest BCUT2D eigenvalue weighted by Crippen LogP contribution is 2.14.